The Labute approximate surface area is 461 Å². The van der Waals surface area contributed by atoms with Crippen molar-refractivity contribution in [3.05, 3.63) is 47.6 Å². The van der Waals surface area contributed by atoms with Gasteiger partial charge in [-0.15, -0.1) is 0 Å². The predicted octanol–water partition coefficient (Wildman–Crippen LogP) is 9.56. The van der Waals surface area contributed by atoms with E-state index in [1.54, 1.807) is 0 Å². The monoisotopic (exact) mass is 1060 g/mol. The minimum Gasteiger partial charge on any atom is -0.490 e. The van der Waals surface area contributed by atoms with E-state index < -0.39 is 23.1 Å². The number of nitrogens with zero attached hydrogens (tertiary/aromatic N) is 8. The van der Waals surface area contributed by atoms with Gasteiger partial charge in [0.1, 0.15) is 46.3 Å². The molecule has 77 heavy (non-hydrogen) atoms. The van der Waals surface area contributed by atoms with Gasteiger partial charge in [-0.3, -0.25) is 0 Å². The minimum absolute atomic E-state index is 0. The van der Waals surface area contributed by atoms with Crippen LogP contribution in [-0.4, -0.2) is 127 Å². The van der Waals surface area contributed by atoms with Gasteiger partial charge in [0.2, 0.25) is 0 Å². The first-order chi connectivity index (χ1) is 36.8. The Bertz CT molecular complexity index is 2930. The number of fused-ring (bicyclic) bond motifs is 20. The second-order valence-electron chi connectivity index (χ2n) is 21.7. The molecule has 402 valence electrons. The maximum absolute atomic E-state index is 7.22. The molecule has 0 unspecified atom stereocenters. The van der Waals surface area contributed by atoms with Gasteiger partial charge in [0.25, 0.3) is 23.1 Å². The number of aromatic nitrogens is 8. The molecular weight excluding hydrogens is 1000 g/mol. The molecule has 21 heteroatoms. The van der Waals surface area contributed by atoms with Crippen molar-refractivity contribution < 1.29 is 56.8 Å². The standard InChI is InChI=1S/C56H64N8O12.Mg/c1-29(2)69-33-17-18-34(70-30(3)4)38-37(33)45-57-46(38)60-50-43-44(76-56(24-12-16-28-68-56)55(75-43)23-11-15-27-67-55)52(64-50)62-48-40-36(72-32(7)8)20-19-35(71-31(5)6)39(40)47(58-48)61-51-42-41(49(59-45)63-51)73-53(21-9-13-25-65-53)54(74-42)22-10-14-26-66-54;/h17-20,29-32H,9-16,21-28H2,1-8H3;/q-2;+2/t53-,54-,55-,56-;/m1./s1. The zero-order valence-electron chi connectivity index (χ0n) is 45.1. The molecular formula is C56H64MgN8O12. The van der Waals surface area contributed by atoms with E-state index in [0.717, 1.165) is 51.4 Å². The van der Waals surface area contributed by atoms with Crippen LogP contribution in [0.5, 0.6) is 23.0 Å². The Hall–Kier alpha value is -5.71. The summed E-state index contributed by atoms with van der Waals surface area (Å²) >= 11 is 0. The molecule has 0 radical (unpaired) electrons. The molecule has 8 bridgehead atoms. The van der Waals surface area contributed by atoms with Crippen molar-refractivity contribution in [2.24, 2.45) is 0 Å². The summed E-state index contributed by atoms with van der Waals surface area (Å²) in [4.78, 5) is 42.1. The Morgan fingerprint density at radius 1 is 0.364 bits per heavy atom. The number of hydrogen-bond donors (Lipinski definition) is 0. The van der Waals surface area contributed by atoms with Crippen molar-refractivity contribution >= 4 is 90.2 Å². The molecule has 5 aromatic rings. The summed E-state index contributed by atoms with van der Waals surface area (Å²) in [6, 6.07) is 7.44. The molecule has 20 nitrogen and oxygen atoms in total. The summed E-state index contributed by atoms with van der Waals surface area (Å²) in [5, 5.41) is 2.07. The van der Waals surface area contributed by atoms with Crippen LogP contribution < -0.4 is 28.9 Å². The maximum Gasteiger partial charge on any atom is 2.00 e. The minimum atomic E-state index is -1.32. The van der Waals surface area contributed by atoms with E-state index in [9.17, 15) is 0 Å². The molecule has 0 N–H and O–H groups in total. The van der Waals surface area contributed by atoms with Gasteiger partial charge in [0.15, 0.2) is 23.0 Å². The number of hydrogen-bond acceptors (Lipinski definition) is 18. The molecule has 0 saturated carbocycles. The van der Waals surface area contributed by atoms with Gasteiger partial charge in [0.05, 0.1) is 50.8 Å². The number of benzene rings is 2. The Balaban J connectivity index is 0.00000596. The summed E-state index contributed by atoms with van der Waals surface area (Å²) in [5.74, 6) is -1.97. The van der Waals surface area contributed by atoms with Crippen molar-refractivity contribution in [1.82, 2.24) is 39.9 Å². The fraction of sp³-hybridized carbons (Fsp3) is 0.571. The fourth-order valence-electron chi connectivity index (χ4n) is 11.6. The molecule has 2 aromatic carbocycles. The van der Waals surface area contributed by atoms with E-state index in [4.69, 9.17) is 96.7 Å². The average Bonchev–Trinajstić information content (AvgIpc) is 4.21. The van der Waals surface area contributed by atoms with Crippen molar-refractivity contribution in [2.75, 3.05) is 26.4 Å². The third-order valence-electron chi connectivity index (χ3n) is 14.7. The Morgan fingerprint density at radius 2 is 0.597 bits per heavy atom. The largest absolute Gasteiger partial charge is 2.00 e. The van der Waals surface area contributed by atoms with E-state index in [1.807, 2.05) is 79.7 Å². The molecule has 0 aliphatic carbocycles. The van der Waals surface area contributed by atoms with Gasteiger partial charge in [-0.2, -0.15) is 0 Å². The quantitative estimate of drug-likeness (QED) is 0.132. The van der Waals surface area contributed by atoms with Crippen LogP contribution in [0.25, 0.3) is 67.2 Å². The molecule has 3 aromatic heterocycles. The van der Waals surface area contributed by atoms with E-state index in [2.05, 4.69) is 0 Å². The smallest absolute Gasteiger partial charge is 0.490 e. The molecule has 8 aliphatic rings. The molecule has 4 fully saturated rings. The number of rotatable bonds is 8. The summed E-state index contributed by atoms with van der Waals surface area (Å²) in [6.07, 6.45) is 7.78. The van der Waals surface area contributed by atoms with E-state index >= 15 is 0 Å². The topological polar surface area (TPSA) is 216 Å². The predicted molar refractivity (Wildman–Crippen MR) is 282 cm³/mol. The molecule has 11 heterocycles. The van der Waals surface area contributed by atoms with E-state index in [-0.39, 0.29) is 116 Å². The normalized spacial score (nSPS) is 26.0. The summed E-state index contributed by atoms with van der Waals surface area (Å²) in [5.41, 5.74) is 0.835. The van der Waals surface area contributed by atoms with Crippen molar-refractivity contribution in [3.8, 4) is 23.0 Å². The summed E-state index contributed by atoms with van der Waals surface area (Å²) in [7, 11) is 0. The molecule has 4 saturated heterocycles. The first kappa shape index (κ1) is 52.0. The molecule has 4 atom stereocenters. The van der Waals surface area contributed by atoms with Crippen LogP contribution in [0.4, 0.5) is 0 Å². The van der Waals surface area contributed by atoms with Crippen LogP contribution in [0.2, 0.25) is 0 Å². The molecule has 8 aliphatic heterocycles. The van der Waals surface area contributed by atoms with Crippen molar-refractivity contribution in [2.45, 2.75) is 180 Å². The van der Waals surface area contributed by atoms with Gasteiger partial charge < -0.3 is 86.7 Å². The zero-order valence-corrected chi connectivity index (χ0v) is 46.5. The van der Waals surface area contributed by atoms with E-state index in [1.165, 1.54) is 0 Å². The first-order valence-corrected chi connectivity index (χ1v) is 27.3. The third-order valence-corrected chi connectivity index (χ3v) is 14.7. The summed E-state index contributed by atoms with van der Waals surface area (Å²) in [6.45, 7) is 17.5. The van der Waals surface area contributed by atoms with Gasteiger partial charge in [-0.25, -0.2) is 9.97 Å². The van der Waals surface area contributed by atoms with Crippen LogP contribution in [-0.2, 0) is 37.9 Å². The van der Waals surface area contributed by atoms with Gasteiger partial charge >= 0.3 is 23.1 Å². The third kappa shape index (κ3) is 8.68. The Morgan fingerprint density at radius 3 is 0.792 bits per heavy atom. The SMILES string of the molecule is CC(C)Oc1ccc(OC(C)C)c2c3nc4nc(nc5[n-]c(nc6nc(nc([n-]3)c12)C1=C6O[C@]2(CCCCO2)[C@@]2(CCCCO2)O1)c1c(OC(C)C)ccc(OC(C)C)c51)C1=C4O[C@]2(CCCCO2)[C@@]2(CCCCO2)O1.[Mg+2]. The van der Waals surface area contributed by atoms with Gasteiger partial charge in [-0.05, 0) is 131 Å². The molecule has 4 spiro atoms. The van der Waals surface area contributed by atoms with Crippen LogP contribution in [0.15, 0.2) is 24.3 Å². The van der Waals surface area contributed by atoms with Crippen LogP contribution in [0.1, 0.15) is 156 Å². The number of ether oxygens (including phenoxy) is 12. The first-order valence-electron chi connectivity index (χ1n) is 27.3. The van der Waals surface area contributed by atoms with Gasteiger partial charge in [0, 0.05) is 69.8 Å². The Kier molecular flexibility index (Phi) is 13.4. The summed E-state index contributed by atoms with van der Waals surface area (Å²) < 4.78 is 81.9. The second-order valence-corrected chi connectivity index (χ2v) is 21.7. The van der Waals surface area contributed by atoms with E-state index in [0.29, 0.717) is 96.7 Å². The van der Waals surface area contributed by atoms with Gasteiger partial charge in [-0.1, -0.05) is 0 Å². The molecule has 13 rings (SSSR count). The van der Waals surface area contributed by atoms with Crippen molar-refractivity contribution in [1.29, 1.82) is 0 Å². The average molecular weight is 1070 g/mol. The van der Waals surface area contributed by atoms with Crippen LogP contribution in [0, 0.1) is 0 Å². The van der Waals surface area contributed by atoms with Crippen LogP contribution in [0.3, 0.4) is 0 Å². The maximum atomic E-state index is 7.22. The molecule has 0 amide bonds. The fourth-order valence-corrected chi connectivity index (χ4v) is 11.6. The van der Waals surface area contributed by atoms with Crippen LogP contribution >= 0.6 is 0 Å². The zero-order chi connectivity index (χ0) is 52.1. The van der Waals surface area contributed by atoms with Crippen molar-refractivity contribution in [3.63, 3.8) is 0 Å². The second kappa shape index (κ2) is 19.9.